The molecular weight excluding hydrogens is 314 g/mol. The zero-order chi connectivity index (χ0) is 15.4. The molecule has 1 fully saturated rings. The van der Waals surface area contributed by atoms with Crippen molar-refractivity contribution in [1.82, 2.24) is 10.3 Å². The fourth-order valence-corrected chi connectivity index (χ4v) is 3.86. The van der Waals surface area contributed by atoms with E-state index in [0.29, 0.717) is 5.25 Å². The molecule has 2 atom stereocenters. The number of rotatable bonds is 5. The number of thioether (sulfide) groups is 1. The summed E-state index contributed by atoms with van der Waals surface area (Å²) in [7, 11) is 0. The second-order valence-electron chi connectivity index (χ2n) is 4.79. The van der Waals surface area contributed by atoms with E-state index in [1.54, 1.807) is 0 Å². The van der Waals surface area contributed by atoms with Gasteiger partial charge in [-0.2, -0.15) is 11.8 Å². The van der Waals surface area contributed by atoms with Crippen LogP contribution in [-0.2, 0) is 0 Å². The van der Waals surface area contributed by atoms with E-state index in [1.165, 1.54) is 6.07 Å². The topological polar surface area (TPSA) is 85.1 Å². The minimum Gasteiger partial charge on any atom is -0.348 e. The number of carbonyl (C=O) groups excluding carboxylic acids is 1. The summed E-state index contributed by atoms with van der Waals surface area (Å²) in [6.45, 7) is 2.08. The van der Waals surface area contributed by atoms with Crippen molar-refractivity contribution in [2.45, 2.75) is 37.5 Å². The molecule has 0 saturated heterocycles. The molecule has 0 aromatic carbocycles. The van der Waals surface area contributed by atoms with E-state index < -0.39 is 10.8 Å². The predicted molar refractivity (Wildman–Crippen MR) is 82.9 cm³/mol. The number of aromatic nitrogens is 1. The molecule has 8 heteroatoms. The van der Waals surface area contributed by atoms with Crippen LogP contribution in [0.4, 0.5) is 5.69 Å². The van der Waals surface area contributed by atoms with Crippen molar-refractivity contribution < 1.29 is 9.72 Å². The Morgan fingerprint density at radius 2 is 2.38 bits per heavy atom. The van der Waals surface area contributed by atoms with E-state index in [9.17, 15) is 14.9 Å². The van der Waals surface area contributed by atoms with E-state index in [2.05, 4.69) is 17.2 Å². The molecular formula is C13H16ClN3O3S. The molecule has 1 aliphatic rings. The third-order valence-electron chi connectivity index (χ3n) is 3.44. The second kappa shape index (κ2) is 7.09. The van der Waals surface area contributed by atoms with Gasteiger partial charge in [0.15, 0.2) is 0 Å². The predicted octanol–water partition coefficient (Wildman–Crippen LogP) is 3.05. The number of hydrogen-bond acceptors (Lipinski definition) is 5. The van der Waals surface area contributed by atoms with Crippen molar-refractivity contribution in [2.75, 3.05) is 5.75 Å². The van der Waals surface area contributed by atoms with Gasteiger partial charge in [-0.3, -0.25) is 14.9 Å². The highest BCUT2D eigenvalue weighted by molar-refractivity contribution is 7.99. The zero-order valence-electron chi connectivity index (χ0n) is 11.5. The average Bonchev–Trinajstić information content (AvgIpc) is 2.86. The minimum atomic E-state index is -0.620. The van der Waals surface area contributed by atoms with Gasteiger partial charge in [0.25, 0.3) is 11.6 Å². The summed E-state index contributed by atoms with van der Waals surface area (Å²) in [5.74, 6) is 0.526. The van der Waals surface area contributed by atoms with Gasteiger partial charge in [0.05, 0.1) is 4.92 Å². The van der Waals surface area contributed by atoms with Crippen LogP contribution in [0.3, 0.4) is 0 Å². The molecule has 1 N–H and O–H groups in total. The van der Waals surface area contributed by atoms with Crippen LogP contribution >= 0.6 is 23.4 Å². The summed E-state index contributed by atoms with van der Waals surface area (Å²) in [4.78, 5) is 26.3. The average molecular weight is 330 g/mol. The lowest BCUT2D eigenvalue weighted by Gasteiger charge is -2.20. The summed E-state index contributed by atoms with van der Waals surface area (Å²) in [6, 6.07) is 1.29. The smallest absolute Gasteiger partial charge is 0.300 e. The number of nitrogens with zero attached hydrogens (tertiary/aromatic N) is 2. The third kappa shape index (κ3) is 3.85. The minimum absolute atomic E-state index is 0.0350. The third-order valence-corrected chi connectivity index (χ3v) is 4.97. The molecule has 0 aliphatic heterocycles. The molecule has 0 radical (unpaired) electrons. The molecule has 114 valence electrons. The first-order valence-electron chi connectivity index (χ1n) is 6.75. The summed E-state index contributed by atoms with van der Waals surface area (Å²) in [5, 5.41) is 14.3. The van der Waals surface area contributed by atoms with E-state index in [0.717, 1.165) is 31.2 Å². The molecule has 1 saturated carbocycles. The quantitative estimate of drug-likeness (QED) is 0.510. The molecule has 1 aromatic heterocycles. The van der Waals surface area contributed by atoms with Crippen molar-refractivity contribution in [1.29, 1.82) is 0 Å². The standard InChI is InChI=1S/C13H16ClN3O3S/c1-2-21-11-5-3-4-9(11)16-13(18)8-6-12(14)15-7-10(8)17(19)20/h6-7,9,11H,2-5H2,1H3,(H,16,18). The molecule has 0 spiro atoms. The van der Waals surface area contributed by atoms with Crippen LogP contribution in [-0.4, -0.2) is 32.9 Å². The second-order valence-corrected chi connectivity index (χ2v) is 6.69. The first-order chi connectivity index (χ1) is 10.0. The van der Waals surface area contributed by atoms with Gasteiger partial charge in [0.1, 0.15) is 16.9 Å². The largest absolute Gasteiger partial charge is 0.348 e. The van der Waals surface area contributed by atoms with E-state index >= 15 is 0 Å². The van der Waals surface area contributed by atoms with Crippen molar-refractivity contribution in [3.8, 4) is 0 Å². The van der Waals surface area contributed by atoms with E-state index in [1.807, 2.05) is 11.8 Å². The van der Waals surface area contributed by atoms with Gasteiger partial charge in [-0.25, -0.2) is 4.98 Å². The Balaban J connectivity index is 2.16. The first kappa shape index (κ1) is 16.0. The molecule has 21 heavy (non-hydrogen) atoms. The van der Waals surface area contributed by atoms with E-state index in [-0.39, 0.29) is 22.4 Å². The maximum Gasteiger partial charge on any atom is 0.300 e. The summed E-state index contributed by atoms with van der Waals surface area (Å²) < 4.78 is 0. The highest BCUT2D eigenvalue weighted by atomic mass is 35.5. The zero-order valence-corrected chi connectivity index (χ0v) is 13.1. The lowest BCUT2D eigenvalue weighted by Crippen LogP contribution is -2.39. The van der Waals surface area contributed by atoms with Crippen LogP contribution in [0.1, 0.15) is 36.5 Å². The summed E-state index contributed by atoms with van der Waals surface area (Å²) in [6.07, 6.45) is 4.03. The molecule has 1 aliphatic carbocycles. The number of nitro groups is 1. The Hall–Kier alpha value is -1.34. The van der Waals surface area contributed by atoms with E-state index in [4.69, 9.17) is 11.6 Å². The maximum absolute atomic E-state index is 12.3. The van der Waals surface area contributed by atoms with Crippen LogP contribution in [0, 0.1) is 10.1 Å². The van der Waals surface area contributed by atoms with Crippen molar-refractivity contribution in [2.24, 2.45) is 0 Å². The number of carbonyl (C=O) groups is 1. The molecule has 2 unspecified atom stereocenters. The normalized spacial score (nSPS) is 21.2. The number of pyridine rings is 1. The lowest BCUT2D eigenvalue weighted by atomic mass is 10.2. The number of halogens is 1. The van der Waals surface area contributed by atoms with Gasteiger partial charge in [-0.15, -0.1) is 0 Å². The van der Waals surface area contributed by atoms with Crippen LogP contribution in [0.25, 0.3) is 0 Å². The molecule has 0 bridgehead atoms. The Bertz CT molecular complexity index is 555. The number of nitrogens with one attached hydrogen (secondary N) is 1. The van der Waals surface area contributed by atoms with Gasteiger partial charge in [-0.1, -0.05) is 24.9 Å². The first-order valence-corrected chi connectivity index (χ1v) is 8.18. The summed E-state index contributed by atoms with van der Waals surface area (Å²) >= 11 is 7.55. The monoisotopic (exact) mass is 329 g/mol. The highest BCUT2D eigenvalue weighted by Gasteiger charge is 2.30. The molecule has 1 aromatic rings. The Morgan fingerprint density at radius 1 is 1.62 bits per heavy atom. The Kier molecular flexibility index (Phi) is 5.41. The number of amides is 1. The van der Waals surface area contributed by atoms with Gasteiger partial charge in [0, 0.05) is 11.3 Å². The van der Waals surface area contributed by atoms with Crippen LogP contribution in [0.15, 0.2) is 12.3 Å². The fraction of sp³-hybridized carbons (Fsp3) is 0.538. The number of hydrogen-bond donors (Lipinski definition) is 1. The summed E-state index contributed by atoms with van der Waals surface area (Å²) in [5.41, 5.74) is -0.360. The highest BCUT2D eigenvalue weighted by Crippen LogP contribution is 2.30. The fourth-order valence-electron chi connectivity index (χ4n) is 2.50. The van der Waals surface area contributed by atoms with Crippen LogP contribution in [0.2, 0.25) is 5.15 Å². The van der Waals surface area contributed by atoms with Crippen LogP contribution < -0.4 is 5.32 Å². The Labute approximate surface area is 131 Å². The lowest BCUT2D eigenvalue weighted by molar-refractivity contribution is -0.385. The SMILES string of the molecule is CCSC1CCCC1NC(=O)c1cc(Cl)ncc1[N+](=O)[O-]. The molecule has 1 amide bonds. The molecule has 1 heterocycles. The molecule has 6 nitrogen and oxygen atoms in total. The van der Waals surface area contributed by atoms with Gasteiger partial charge >= 0.3 is 0 Å². The molecule has 2 rings (SSSR count). The van der Waals surface area contributed by atoms with Crippen molar-refractivity contribution >= 4 is 35.0 Å². The van der Waals surface area contributed by atoms with Crippen molar-refractivity contribution in [3.05, 3.63) is 33.1 Å². The Morgan fingerprint density at radius 3 is 3.05 bits per heavy atom. The van der Waals surface area contributed by atoms with Gasteiger partial charge in [0.2, 0.25) is 0 Å². The van der Waals surface area contributed by atoms with Gasteiger partial charge in [-0.05, 0) is 24.7 Å². The van der Waals surface area contributed by atoms with Crippen LogP contribution in [0.5, 0.6) is 0 Å². The maximum atomic E-state index is 12.3. The van der Waals surface area contributed by atoms with Gasteiger partial charge < -0.3 is 5.32 Å². The van der Waals surface area contributed by atoms with Crippen molar-refractivity contribution in [3.63, 3.8) is 0 Å².